The number of ether oxygens (including phenoxy) is 1. The molecule has 0 aliphatic heterocycles. The molecule has 1 aromatic rings. The number of aromatic nitrogens is 1. The van der Waals surface area contributed by atoms with Crippen LogP contribution in [0.2, 0.25) is 15.2 Å². The summed E-state index contributed by atoms with van der Waals surface area (Å²) < 4.78 is 4.89. The molecule has 0 saturated heterocycles. The molecule has 11 heteroatoms. The third-order valence-electron chi connectivity index (χ3n) is 2.39. The molecule has 7 nitrogen and oxygen atoms in total. The van der Waals surface area contributed by atoms with E-state index in [1.165, 1.54) is 0 Å². The molecule has 0 unspecified atom stereocenters. The Hall–Kier alpha value is -1.06. The minimum absolute atomic E-state index is 0.00786. The van der Waals surface area contributed by atoms with Crippen molar-refractivity contribution in [1.29, 1.82) is 0 Å². The molecular weight excluding hydrogens is 373 g/mol. The SMILES string of the molecule is COCCCNC(=S)NNC(=O)c1nc(Cl)c(Cl)c(N)c1Cl. The molecule has 0 fully saturated rings. The normalized spacial score (nSPS) is 10.2. The van der Waals surface area contributed by atoms with Gasteiger partial charge in [0.15, 0.2) is 16.0 Å². The van der Waals surface area contributed by atoms with Gasteiger partial charge in [0.25, 0.3) is 5.91 Å². The second-order valence-corrected chi connectivity index (χ2v) is 5.50. The van der Waals surface area contributed by atoms with E-state index in [1.54, 1.807) is 7.11 Å². The average molecular weight is 387 g/mol. The first-order chi connectivity index (χ1) is 10.4. The second kappa shape index (κ2) is 9.16. The van der Waals surface area contributed by atoms with Crippen molar-refractivity contribution in [2.75, 3.05) is 26.0 Å². The van der Waals surface area contributed by atoms with Crippen LogP contribution in [0.4, 0.5) is 5.69 Å². The highest BCUT2D eigenvalue weighted by molar-refractivity contribution is 7.80. The van der Waals surface area contributed by atoms with Gasteiger partial charge in [-0.15, -0.1) is 0 Å². The molecule has 0 aliphatic carbocycles. The van der Waals surface area contributed by atoms with E-state index in [0.29, 0.717) is 13.2 Å². The zero-order valence-corrected chi connectivity index (χ0v) is 14.6. The van der Waals surface area contributed by atoms with Gasteiger partial charge in [-0.2, -0.15) is 0 Å². The Morgan fingerprint density at radius 1 is 1.32 bits per heavy atom. The number of hydrogen-bond acceptors (Lipinski definition) is 5. The highest BCUT2D eigenvalue weighted by Gasteiger charge is 2.19. The number of nitrogens with one attached hydrogen (secondary N) is 3. The summed E-state index contributed by atoms with van der Waals surface area (Å²) in [5, 5.41) is 2.89. The van der Waals surface area contributed by atoms with Crippen molar-refractivity contribution in [3.63, 3.8) is 0 Å². The van der Waals surface area contributed by atoms with Crippen LogP contribution < -0.4 is 21.9 Å². The lowest BCUT2D eigenvalue weighted by molar-refractivity contribution is 0.0939. The van der Waals surface area contributed by atoms with Gasteiger partial charge < -0.3 is 15.8 Å². The van der Waals surface area contributed by atoms with Crippen molar-refractivity contribution in [2.24, 2.45) is 0 Å². The smallest absolute Gasteiger partial charge is 0.289 e. The van der Waals surface area contributed by atoms with Crippen LogP contribution in [0.5, 0.6) is 0 Å². The summed E-state index contributed by atoms with van der Waals surface area (Å²) in [6.45, 7) is 1.19. The van der Waals surface area contributed by atoms with Crippen molar-refractivity contribution in [3.05, 3.63) is 20.9 Å². The number of anilines is 1. The summed E-state index contributed by atoms with van der Waals surface area (Å²) in [4.78, 5) is 15.8. The van der Waals surface area contributed by atoms with E-state index in [-0.39, 0.29) is 31.7 Å². The van der Waals surface area contributed by atoms with Crippen LogP contribution in [0.3, 0.4) is 0 Å². The largest absolute Gasteiger partial charge is 0.396 e. The number of carbonyl (C=O) groups excluding carboxylic acids is 1. The highest BCUT2D eigenvalue weighted by atomic mass is 35.5. The van der Waals surface area contributed by atoms with Crippen LogP contribution in [-0.2, 0) is 4.74 Å². The van der Waals surface area contributed by atoms with Crippen molar-refractivity contribution in [3.8, 4) is 0 Å². The number of carbonyl (C=O) groups is 1. The molecular formula is C11H14Cl3N5O2S. The molecule has 1 rings (SSSR count). The fourth-order valence-electron chi connectivity index (χ4n) is 1.32. The number of hydrazine groups is 1. The summed E-state index contributed by atoms with van der Waals surface area (Å²) in [6.07, 6.45) is 0.767. The van der Waals surface area contributed by atoms with Gasteiger partial charge in [-0.05, 0) is 18.6 Å². The quantitative estimate of drug-likeness (QED) is 0.265. The Morgan fingerprint density at radius 3 is 2.64 bits per heavy atom. The number of thiocarbonyl (C=S) groups is 1. The van der Waals surface area contributed by atoms with E-state index in [4.69, 9.17) is 57.5 Å². The lowest BCUT2D eigenvalue weighted by atomic mass is 10.3. The van der Waals surface area contributed by atoms with Crippen LogP contribution in [0.1, 0.15) is 16.9 Å². The van der Waals surface area contributed by atoms with Gasteiger partial charge in [0.05, 0.1) is 10.7 Å². The Labute approximate surface area is 147 Å². The summed E-state index contributed by atoms with van der Waals surface area (Å²) in [7, 11) is 1.61. The number of pyridine rings is 1. The zero-order chi connectivity index (χ0) is 16.7. The topological polar surface area (TPSA) is 101 Å². The summed E-state index contributed by atoms with van der Waals surface area (Å²) in [6, 6.07) is 0. The standard InChI is InChI=1S/C11H14Cl3N5O2S/c1-21-4-2-3-16-11(22)19-18-10(20)8-5(12)7(15)6(13)9(14)17-8/h2-4H2,1H3,(H2,15,17)(H,18,20)(H2,16,19,22). The van der Waals surface area contributed by atoms with E-state index in [2.05, 4.69) is 21.2 Å². The molecule has 0 saturated carbocycles. The molecule has 0 atom stereocenters. The van der Waals surface area contributed by atoms with Gasteiger partial charge in [-0.3, -0.25) is 15.6 Å². The van der Waals surface area contributed by atoms with Crippen LogP contribution in [-0.4, -0.2) is 36.3 Å². The maximum atomic E-state index is 12.0. The minimum atomic E-state index is -0.656. The van der Waals surface area contributed by atoms with Crippen molar-refractivity contribution >= 4 is 63.7 Å². The Balaban J connectivity index is 2.58. The average Bonchev–Trinajstić information content (AvgIpc) is 2.50. The second-order valence-electron chi connectivity index (χ2n) is 3.97. The van der Waals surface area contributed by atoms with Crippen molar-refractivity contribution in [1.82, 2.24) is 21.2 Å². The monoisotopic (exact) mass is 385 g/mol. The van der Waals surface area contributed by atoms with Gasteiger partial charge in [-0.1, -0.05) is 34.8 Å². The number of nitrogens with zero attached hydrogens (tertiary/aromatic N) is 1. The molecule has 122 valence electrons. The van der Waals surface area contributed by atoms with Gasteiger partial charge >= 0.3 is 0 Å². The predicted molar refractivity (Wildman–Crippen MR) is 91.4 cm³/mol. The summed E-state index contributed by atoms with van der Waals surface area (Å²) >= 11 is 22.4. The van der Waals surface area contributed by atoms with Crippen LogP contribution in [0.25, 0.3) is 0 Å². The van der Waals surface area contributed by atoms with Crippen LogP contribution in [0.15, 0.2) is 0 Å². The third kappa shape index (κ3) is 5.29. The maximum Gasteiger partial charge on any atom is 0.289 e. The minimum Gasteiger partial charge on any atom is -0.396 e. The molecule has 1 amide bonds. The van der Waals surface area contributed by atoms with Crippen LogP contribution >= 0.6 is 47.0 Å². The van der Waals surface area contributed by atoms with E-state index >= 15 is 0 Å². The molecule has 0 aliphatic rings. The Bertz CT molecular complexity index is 573. The number of methoxy groups -OCH3 is 1. The van der Waals surface area contributed by atoms with Gasteiger partial charge in [0.2, 0.25) is 0 Å². The number of halogens is 3. The maximum absolute atomic E-state index is 12.0. The lowest BCUT2D eigenvalue weighted by Gasteiger charge is -2.12. The van der Waals surface area contributed by atoms with E-state index < -0.39 is 5.91 Å². The predicted octanol–water partition coefficient (Wildman–Crippen LogP) is 1.77. The molecule has 5 N–H and O–H groups in total. The fourth-order valence-corrected chi connectivity index (χ4v) is 2.06. The van der Waals surface area contributed by atoms with E-state index in [1.807, 2.05) is 0 Å². The molecule has 1 heterocycles. The first-order valence-corrected chi connectivity index (χ1v) is 7.55. The molecule has 0 aromatic carbocycles. The van der Waals surface area contributed by atoms with Gasteiger partial charge in [0, 0.05) is 20.3 Å². The highest BCUT2D eigenvalue weighted by Crippen LogP contribution is 2.34. The number of nitrogens with two attached hydrogens (primary N) is 1. The summed E-state index contributed by atoms with van der Waals surface area (Å²) in [5.74, 6) is -0.656. The molecule has 0 radical (unpaired) electrons. The Kier molecular flexibility index (Phi) is 7.91. The van der Waals surface area contributed by atoms with Crippen molar-refractivity contribution < 1.29 is 9.53 Å². The number of rotatable bonds is 5. The number of amides is 1. The van der Waals surface area contributed by atoms with Gasteiger partial charge in [-0.25, -0.2) is 4.98 Å². The van der Waals surface area contributed by atoms with Gasteiger partial charge in [0.1, 0.15) is 5.02 Å². The third-order valence-corrected chi connectivity index (χ3v) is 3.77. The summed E-state index contributed by atoms with van der Waals surface area (Å²) in [5.41, 5.74) is 10.3. The van der Waals surface area contributed by atoms with Crippen LogP contribution in [0, 0.1) is 0 Å². The first-order valence-electron chi connectivity index (χ1n) is 6.01. The molecule has 1 aromatic heterocycles. The fraction of sp³-hybridized carbons (Fsp3) is 0.364. The van der Waals surface area contributed by atoms with E-state index in [9.17, 15) is 4.79 Å². The zero-order valence-electron chi connectivity index (χ0n) is 11.5. The Morgan fingerprint density at radius 2 is 2.00 bits per heavy atom. The number of hydrogen-bond donors (Lipinski definition) is 4. The molecule has 0 spiro atoms. The lowest BCUT2D eigenvalue weighted by Crippen LogP contribution is -2.47. The molecule has 22 heavy (non-hydrogen) atoms. The first kappa shape index (κ1) is 19.0. The van der Waals surface area contributed by atoms with E-state index in [0.717, 1.165) is 6.42 Å². The number of nitrogen functional groups attached to an aromatic ring is 1. The molecule has 0 bridgehead atoms. The van der Waals surface area contributed by atoms with Crippen molar-refractivity contribution in [2.45, 2.75) is 6.42 Å².